The lowest BCUT2D eigenvalue weighted by Crippen LogP contribution is -2.31. The summed E-state index contributed by atoms with van der Waals surface area (Å²) in [6.45, 7) is 2.26. The van der Waals surface area contributed by atoms with Gasteiger partial charge in [0.25, 0.3) is 5.91 Å². The van der Waals surface area contributed by atoms with Crippen molar-refractivity contribution in [3.05, 3.63) is 75.3 Å². The van der Waals surface area contributed by atoms with E-state index < -0.39 is 11.8 Å². The number of ether oxygens (including phenoxy) is 1. The van der Waals surface area contributed by atoms with Gasteiger partial charge in [0, 0.05) is 27.5 Å². The van der Waals surface area contributed by atoms with Gasteiger partial charge in [-0.1, -0.05) is 35.7 Å². The third-order valence-electron chi connectivity index (χ3n) is 5.92. The highest BCUT2D eigenvalue weighted by Gasteiger charge is 2.28. The molecule has 0 heterocycles. The Hall–Kier alpha value is -3.33. The van der Waals surface area contributed by atoms with Gasteiger partial charge < -0.3 is 26.8 Å². The fourth-order valence-corrected chi connectivity index (χ4v) is 4.40. The van der Waals surface area contributed by atoms with Crippen LogP contribution in [-0.4, -0.2) is 31.3 Å². The Morgan fingerprint density at radius 3 is 2.50 bits per heavy atom. The van der Waals surface area contributed by atoms with Crippen molar-refractivity contribution in [1.29, 1.82) is 5.41 Å². The summed E-state index contributed by atoms with van der Waals surface area (Å²) in [6, 6.07) is 11.2. The lowest BCUT2D eigenvalue weighted by atomic mass is 9.84. The fourth-order valence-electron chi connectivity index (χ4n) is 3.94. The molecule has 10 heteroatoms. The maximum absolute atomic E-state index is 13.2. The molecule has 0 saturated heterocycles. The highest BCUT2D eigenvalue weighted by molar-refractivity contribution is 6.40. The van der Waals surface area contributed by atoms with Crippen molar-refractivity contribution < 1.29 is 14.3 Å². The summed E-state index contributed by atoms with van der Waals surface area (Å²) in [7, 11) is 1.53. The largest absolute Gasteiger partial charge is 0.497 e. The monoisotopic (exact) mass is 529 g/mol. The van der Waals surface area contributed by atoms with Gasteiger partial charge in [-0.25, -0.2) is 0 Å². The number of anilines is 2. The molecule has 1 aliphatic carbocycles. The molecule has 0 radical (unpaired) electrons. The molecule has 2 amide bonds. The van der Waals surface area contributed by atoms with E-state index in [4.69, 9.17) is 44.8 Å². The maximum Gasteiger partial charge on any atom is 0.256 e. The van der Waals surface area contributed by atoms with E-state index in [0.29, 0.717) is 46.5 Å². The van der Waals surface area contributed by atoms with Gasteiger partial charge in [0.15, 0.2) is 0 Å². The lowest BCUT2D eigenvalue weighted by Gasteiger charge is -2.26. The Labute approximate surface area is 220 Å². The molecule has 8 nitrogen and oxygen atoms in total. The van der Waals surface area contributed by atoms with Crippen LogP contribution in [0.3, 0.4) is 0 Å². The van der Waals surface area contributed by atoms with Crippen molar-refractivity contribution in [2.75, 3.05) is 24.7 Å². The molecule has 3 rings (SSSR count). The summed E-state index contributed by atoms with van der Waals surface area (Å²) in [4.78, 5) is 25.8. The summed E-state index contributed by atoms with van der Waals surface area (Å²) in [5, 5.41) is 14.8. The predicted octanol–water partition coefficient (Wildman–Crippen LogP) is 4.59. The van der Waals surface area contributed by atoms with Crippen LogP contribution < -0.4 is 26.8 Å². The molecule has 0 spiro atoms. The second-order valence-electron chi connectivity index (χ2n) is 8.50. The molecule has 7 N–H and O–H groups in total. The minimum atomic E-state index is -0.494. The van der Waals surface area contributed by atoms with Crippen molar-refractivity contribution >= 4 is 52.2 Å². The van der Waals surface area contributed by atoms with E-state index in [1.54, 1.807) is 48.5 Å². The number of allylic oxidation sites excluding steroid dienone is 3. The summed E-state index contributed by atoms with van der Waals surface area (Å²) < 4.78 is 5.10. The predicted molar refractivity (Wildman–Crippen MR) is 145 cm³/mol. The summed E-state index contributed by atoms with van der Waals surface area (Å²) in [5.41, 5.74) is 14.0. The lowest BCUT2D eigenvalue weighted by molar-refractivity contribution is -0.119. The maximum atomic E-state index is 13.2. The molecule has 2 aromatic rings. The zero-order valence-corrected chi connectivity index (χ0v) is 21.5. The number of halogens is 2. The van der Waals surface area contributed by atoms with Crippen molar-refractivity contribution in [2.24, 2.45) is 17.6 Å². The fraction of sp³-hybridized carbons (Fsp3) is 0.269. The van der Waals surface area contributed by atoms with Gasteiger partial charge in [-0.2, -0.15) is 0 Å². The van der Waals surface area contributed by atoms with Crippen molar-refractivity contribution in [1.82, 2.24) is 5.32 Å². The summed E-state index contributed by atoms with van der Waals surface area (Å²) in [5.74, 6) is -0.802. The van der Waals surface area contributed by atoms with Gasteiger partial charge in [0.2, 0.25) is 5.91 Å². The second kappa shape index (κ2) is 12.1. The van der Waals surface area contributed by atoms with Crippen LogP contribution in [0.1, 0.15) is 35.7 Å². The average molecular weight is 530 g/mol. The van der Waals surface area contributed by atoms with Gasteiger partial charge in [0.05, 0.1) is 18.1 Å². The number of nitrogens with two attached hydrogens (primary N) is 2. The van der Waals surface area contributed by atoms with Crippen LogP contribution in [0.2, 0.25) is 0 Å². The molecule has 190 valence electrons. The minimum Gasteiger partial charge on any atom is -0.497 e. The smallest absolute Gasteiger partial charge is 0.256 e. The first-order valence-corrected chi connectivity index (χ1v) is 12.1. The molecule has 1 aliphatic rings. The van der Waals surface area contributed by atoms with E-state index >= 15 is 0 Å². The number of carbonyl (C=O) groups excluding carboxylic acids is 2. The highest BCUT2D eigenvalue weighted by atomic mass is 35.5. The van der Waals surface area contributed by atoms with Crippen LogP contribution in [0.5, 0.6) is 5.75 Å². The third-order valence-corrected chi connectivity index (χ3v) is 6.90. The first-order valence-electron chi connectivity index (χ1n) is 11.3. The number of hydrogen-bond acceptors (Lipinski definition) is 6. The van der Waals surface area contributed by atoms with E-state index in [0.717, 1.165) is 5.57 Å². The topological polar surface area (TPSA) is 143 Å². The van der Waals surface area contributed by atoms with Crippen LogP contribution in [0.4, 0.5) is 11.4 Å². The van der Waals surface area contributed by atoms with Crippen LogP contribution in [0.15, 0.2) is 64.2 Å². The zero-order valence-electron chi connectivity index (χ0n) is 20.0. The number of nitrogens with one attached hydrogen (secondary N) is 3. The molecule has 2 aromatic carbocycles. The Morgan fingerprint density at radius 1 is 1.19 bits per heavy atom. The number of amides is 2. The quantitative estimate of drug-likeness (QED) is 0.193. The Balaban J connectivity index is 1.76. The molecule has 0 aliphatic heterocycles. The molecule has 0 saturated carbocycles. The first kappa shape index (κ1) is 27.3. The third kappa shape index (κ3) is 6.46. The van der Waals surface area contributed by atoms with E-state index in [-0.39, 0.29) is 28.9 Å². The standard InChI is InChI=1S/C26H29Cl2N5O3/c1-14-11-16(12-21(27)23(14)28)19(9-10-29)26(35)32-17-5-8-22(30)20(13-17)24(31)33-25(34)15-3-6-18(36-2)7-4-15/h3-8,12-14,19H,9-11,29-30H2,1-2H3,(H,32,35)(H2,31,33,34). The number of rotatable bonds is 8. The molecule has 0 aromatic heterocycles. The highest BCUT2D eigenvalue weighted by Crippen LogP contribution is 2.37. The van der Waals surface area contributed by atoms with E-state index in [9.17, 15) is 9.59 Å². The average Bonchev–Trinajstić information content (AvgIpc) is 2.86. The van der Waals surface area contributed by atoms with Crippen LogP contribution in [0, 0.1) is 17.2 Å². The Morgan fingerprint density at radius 2 is 1.89 bits per heavy atom. The molecule has 2 atom stereocenters. The number of nitrogen functional groups attached to an aromatic ring is 1. The van der Waals surface area contributed by atoms with Crippen molar-refractivity contribution in [3.63, 3.8) is 0 Å². The van der Waals surface area contributed by atoms with Gasteiger partial charge in [-0.15, -0.1) is 0 Å². The van der Waals surface area contributed by atoms with Crippen LogP contribution in [0.25, 0.3) is 0 Å². The summed E-state index contributed by atoms with van der Waals surface area (Å²) in [6.07, 6.45) is 2.77. The van der Waals surface area contributed by atoms with Gasteiger partial charge in [0.1, 0.15) is 11.6 Å². The molecule has 2 unspecified atom stereocenters. The van der Waals surface area contributed by atoms with Gasteiger partial charge in [-0.3, -0.25) is 15.0 Å². The Kier molecular flexibility index (Phi) is 9.14. The minimum absolute atomic E-state index is 0.00477. The normalized spacial score (nSPS) is 16.1. The Bertz CT molecular complexity index is 1220. The first-order chi connectivity index (χ1) is 17.1. The van der Waals surface area contributed by atoms with Gasteiger partial charge >= 0.3 is 0 Å². The van der Waals surface area contributed by atoms with Crippen LogP contribution >= 0.6 is 23.2 Å². The number of methoxy groups -OCH3 is 1. The molecular weight excluding hydrogens is 501 g/mol. The van der Waals surface area contributed by atoms with E-state index in [1.165, 1.54) is 7.11 Å². The SMILES string of the molecule is COc1ccc(C(=O)NC(=N)c2cc(NC(=O)C(CCN)C3=CC(Cl)=C(Cl)C(C)C3)ccc2N)cc1. The number of carbonyl (C=O) groups is 2. The van der Waals surface area contributed by atoms with E-state index in [2.05, 4.69) is 10.6 Å². The van der Waals surface area contributed by atoms with Gasteiger partial charge in [-0.05, 0) is 73.8 Å². The summed E-state index contributed by atoms with van der Waals surface area (Å²) >= 11 is 12.5. The number of benzene rings is 2. The molecule has 36 heavy (non-hydrogen) atoms. The second-order valence-corrected chi connectivity index (χ2v) is 9.31. The zero-order chi connectivity index (χ0) is 26.4. The van der Waals surface area contributed by atoms with Crippen molar-refractivity contribution in [2.45, 2.75) is 19.8 Å². The molecule has 0 bridgehead atoms. The van der Waals surface area contributed by atoms with E-state index in [1.807, 2.05) is 6.92 Å². The van der Waals surface area contributed by atoms with Crippen molar-refractivity contribution in [3.8, 4) is 5.75 Å². The van der Waals surface area contributed by atoms with Crippen LogP contribution in [-0.2, 0) is 4.79 Å². The number of hydrogen-bond donors (Lipinski definition) is 5. The molecule has 0 fully saturated rings. The molecular formula is C26H29Cl2N5O3. The number of amidine groups is 1.